The second kappa shape index (κ2) is 10.8. The Balaban J connectivity index is 1.30. The monoisotopic (exact) mass is 660 g/mol. The normalized spacial score (nSPS) is 37.2. The zero-order valence-corrected chi connectivity index (χ0v) is 30.8. The highest BCUT2D eigenvalue weighted by Crippen LogP contribution is 2.77. The molecule has 7 atom stereocenters. The third-order valence-corrected chi connectivity index (χ3v) is 15.6. The van der Waals surface area contributed by atoms with Crippen molar-refractivity contribution in [2.24, 2.45) is 44.8 Å². The van der Waals surface area contributed by atoms with E-state index in [1.165, 1.54) is 35.2 Å². The number of esters is 1. The Bertz CT molecular complexity index is 1810. The number of carbonyl (C=O) groups excluding carboxylic acids is 1. The van der Waals surface area contributed by atoms with E-state index in [0.717, 1.165) is 56.3 Å². The average molecular weight is 661 g/mol. The van der Waals surface area contributed by atoms with E-state index in [4.69, 9.17) is 15.6 Å². The van der Waals surface area contributed by atoms with Gasteiger partial charge < -0.3 is 10.5 Å². The number of nitrogens with zero attached hydrogens (tertiary/aromatic N) is 2. The first-order valence-corrected chi connectivity index (χ1v) is 18.8. The minimum absolute atomic E-state index is 0.0143. The number of benzene rings is 1. The van der Waals surface area contributed by atoms with Crippen LogP contribution in [0.3, 0.4) is 0 Å². The van der Waals surface area contributed by atoms with Gasteiger partial charge >= 0.3 is 5.97 Å². The number of rotatable bonds is 4. The molecule has 2 aromatic heterocycles. The fourth-order valence-electron chi connectivity index (χ4n) is 12.9. The maximum atomic E-state index is 14.7. The molecule has 3 saturated carbocycles. The molecule has 6 nitrogen and oxygen atoms in total. The van der Waals surface area contributed by atoms with Crippen LogP contribution in [0.1, 0.15) is 122 Å². The van der Waals surface area contributed by atoms with Crippen molar-refractivity contribution in [3.63, 3.8) is 0 Å². The Kier molecular flexibility index (Phi) is 7.22. The second-order valence-electron chi connectivity index (χ2n) is 18.7. The lowest BCUT2D eigenvalue weighted by molar-refractivity contribution is -0.181. The number of H-pyrrole nitrogens is 1. The first-order valence-electron chi connectivity index (χ1n) is 18.8. The van der Waals surface area contributed by atoms with Crippen LogP contribution in [0.4, 0.5) is 5.82 Å². The van der Waals surface area contributed by atoms with Crippen LogP contribution in [0.2, 0.25) is 0 Å². The van der Waals surface area contributed by atoms with Crippen molar-refractivity contribution < 1.29 is 9.53 Å². The lowest BCUT2D eigenvalue weighted by atomic mass is 9.33. The number of nitrogens with two attached hydrogens (primary N) is 1. The van der Waals surface area contributed by atoms with Crippen molar-refractivity contribution >= 4 is 17.4 Å². The zero-order valence-electron chi connectivity index (χ0n) is 30.8. The van der Waals surface area contributed by atoms with Crippen molar-refractivity contribution in [3.8, 4) is 0 Å². The number of hydrogen-bond acceptors (Lipinski definition) is 5. The molecule has 260 valence electrons. The molecular weight excluding hydrogens is 604 g/mol. The Morgan fingerprint density at radius 3 is 2.37 bits per heavy atom. The summed E-state index contributed by atoms with van der Waals surface area (Å²) in [5.74, 6) is 1.85. The molecule has 8 rings (SSSR count). The first-order chi connectivity index (χ1) is 23.2. The van der Waals surface area contributed by atoms with E-state index in [9.17, 15) is 4.79 Å². The van der Waals surface area contributed by atoms with Crippen molar-refractivity contribution in [2.45, 2.75) is 118 Å². The van der Waals surface area contributed by atoms with E-state index in [0.29, 0.717) is 18.4 Å². The number of aromatic nitrogens is 3. The van der Waals surface area contributed by atoms with E-state index in [2.05, 4.69) is 82.8 Å². The quantitative estimate of drug-likeness (QED) is 0.272. The number of nitrogen functional groups attached to an aromatic ring is 1. The predicted molar refractivity (Wildman–Crippen MR) is 195 cm³/mol. The maximum Gasteiger partial charge on any atom is 0.313 e. The third-order valence-electron chi connectivity index (χ3n) is 15.6. The van der Waals surface area contributed by atoms with Crippen LogP contribution in [0, 0.1) is 44.8 Å². The predicted octanol–water partition coefficient (Wildman–Crippen LogP) is 9.47. The molecule has 0 saturated heterocycles. The smallest absolute Gasteiger partial charge is 0.313 e. The SMILES string of the molecule is CC1(C)CC[C@]2(C(=O)OCc3ccccc3)CC[C@]3(C)C(=C(c4ccncc4)CC4[C@@]5(C)Cc6c(n[nH]c6N)C(C)(C)[C@@H]5CC[C@]43C)[C@@H]2C1. The second-order valence-corrected chi connectivity index (χ2v) is 18.7. The summed E-state index contributed by atoms with van der Waals surface area (Å²) in [6, 6.07) is 14.6. The molecule has 0 aliphatic heterocycles. The van der Waals surface area contributed by atoms with E-state index in [1.54, 1.807) is 5.57 Å². The highest BCUT2D eigenvalue weighted by Gasteiger charge is 2.70. The molecule has 0 bridgehead atoms. The summed E-state index contributed by atoms with van der Waals surface area (Å²) in [5, 5.41) is 7.97. The topological polar surface area (TPSA) is 93.9 Å². The van der Waals surface area contributed by atoms with Gasteiger partial charge in [0.05, 0.1) is 11.1 Å². The molecular formula is C43H56N4O2. The third kappa shape index (κ3) is 4.53. The standard InChI is InChI=1S/C43H56N4O2/c1-38(2)17-19-43(37(48)49-26-27-11-9-8-10-12-27)20-18-42(7)34(31(43)25-38)29(28-14-21-45-22-15-28)23-33-40(5)24-30-35(46-47-36(30)44)39(3,4)32(40)13-16-41(33,42)6/h8-12,14-15,21-22,31-33H,13,16-20,23-26H2,1-7H3,(H3,44,46,47)/t31-,32-,33?,40-,41+,42+,43-/m0/s1. The fraction of sp³-hybridized carbons (Fsp3) is 0.605. The zero-order chi connectivity index (χ0) is 34.6. The fourth-order valence-corrected chi connectivity index (χ4v) is 12.9. The molecule has 0 amide bonds. The van der Waals surface area contributed by atoms with Gasteiger partial charge in [0.1, 0.15) is 12.4 Å². The summed E-state index contributed by atoms with van der Waals surface area (Å²) in [6.45, 7) is 17.8. The van der Waals surface area contributed by atoms with Crippen LogP contribution >= 0.6 is 0 Å². The van der Waals surface area contributed by atoms with Crippen LogP contribution in [-0.4, -0.2) is 21.2 Å². The number of anilines is 1. The van der Waals surface area contributed by atoms with Gasteiger partial charge in [-0.25, -0.2) is 0 Å². The maximum absolute atomic E-state index is 14.7. The molecule has 0 spiro atoms. The Labute approximate surface area is 293 Å². The van der Waals surface area contributed by atoms with Crippen LogP contribution < -0.4 is 5.73 Å². The van der Waals surface area contributed by atoms with Crippen LogP contribution in [0.15, 0.2) is 60.4 Å². The van der Waals surface area contributed by atoms with Crippen LogP contribution in [0.25, 0.3) is 5.57 Å². The molecule has 3 fully saturated rings. The van der Waals surface area contributed by atoms with E-state index < -0.39 is 5.41 Å². The summed E-state index contributed by atoms with van der Waals surface area (Å²) in [4.78, 5) is 19.1. The molecule has 3 aromatic rings. The Hall–Kier alpha value is -3.41. The lowest BCUT2D eigenvalue weighted by Gasteiger charge is -2.71. The van der Waals surface area contributed by atoms with Gasteiger partial charge in [-0.2, -0.15) is 5.10 Å². The molecule has 3 N–H and O–H groups in total. The summed E-state index contributed by atoms with van der Waals surface area (Å²) < 4.78 is 6.34. The number of allylic oxidation sites excluding steroid dienone is 2. The van der Waals surface area contributed by atoms with E-state index >= 15 is 0 Å². The van der Waals surface area contributed by atoms with Gasteiger partial charge in [0.2, 0.25) is 0 Å². The summed E-state index contributed by atoms with van der Waals surface area (Å²) in [5.41, 5.74) is 14.0. The molecule has 2 heterocycles. The number of pyridine rings is 1. The number of hydrogen-bond donors (Lipinski definition) is 2. The summed E-state index contributed by atoms with van der Waals surface area (Å²) in [7, 11) is 0. The summed E-state index contributed by atoms with van der Waals surface area (Å²) in [6.07, 6.45) is 13.1. The largest absolute Gasteiger partial charge is 0.460 e. The average Bonchev–Trinajstić information content (AvgIpc) is 3.44. The number of aromatic amines is 1. The van der Waals surface area contributed by atoms with Gasteiger partial charge in [0.15, 0.2) is 0 Å². The van der Waals surface area contributed by atoms with Crippen molar-refractivity contribution in [2.75, 3.05) is 5.73 Å². The minimum atomic E-state index is -0.505. The van der Waals surface area contributed by atoms with Crippen molar-refractivity contribution in [3.05, 3.63) is 82.8 Å². The number of ether oxygens (including phenoxy) is 1. The highest BCUT2D eigenvalue weighted by atomic mass is 16.5. The summed E-state index contributed by atoms with van der Waals surface area (Å²) >= 11 is 0. The Morgan fingerprint density at radius 1 is 0.918 bits per heavy atom. The number of fused-ring (bicyclic) bond motifs is 8. The molecule has 0 radical (unpaired) electrons. The van der Waals surface area contributed by atoms with Gasteiger partial charge in [0, 0.05) is 23.4 Å². The van der Waals surface area contributed by atoms with Gasteiger partial charge in [-0.05, 0) is 126 Å². The number of carbonyl (C=O) groups is 1. The molecule has 1 aromatic carbocycles. The Morgan fingerprint density at radius 2 is 1.63 bits per heavy atom. The number of nitrogens with one attached hydrogen (secondary N) is 1. The molecule has 5 aliphatic carbocycles. The molecule has 1 unspecified atom stereocenters. The van der Waals surface area contributed by atoms with Crippen LogP contribution in [0.5, 0.6) is 0 Å². The van der Waals surface area contributed by atoms with Gasteiger partial charge in [-0.3, -0.25) is 14.9 Å². The molecule has 5 aliphatic rings. The highest BCUT2D eigenvalue weighted by molar-refractivity contribution is 5.81. The van der Waals surface area contributed by atoms with Crippen molar-refractivity contribution in [1.82, 2.24) is 15.2 Å². The lowest BCUT2D eigenvalue weighted by Crippen LogP contribution is -2.65. The van der Waals surface area contributed by atoms with E-state index in [1.807, 2.05) is 30.6 Å². The van der Waals surface area contributed by atoms with Crippen molar-refractivity contribution in [1.29, 1.82) is 0 Å². The first kappa shape index (κ1) is 32.8. The molecule has 49 heavy (non-hydrogen) atoms. The van der Waals surface area contributed by atoms with Gasteiger partial charge in [0.25, 0.3) is 0 Å². The minimum Gasteiger partial charge on any atom is -0.460 e. The van der Waals surface area contributed by atoms with Gasteiger partial charge in [-0.15, -0.1) is 0 Å². The van der Waals surface area contributed by atoms with Gasteiger partial charge in [-0.1, -0.05) is 84.4 Å². The van der Waals surface area contributed by atoms with Crippen LogP contribution in [-0.2, 0) is 28.0 Å². The van der Waals surface area contributed by atoms with E-state index in [-0.39, 0.29) is 39.0 Å². The molecule has 6 heteroatoms.